The minimum Gasteiger partial charge on any atom is -0.339 e. The third-order valence-electron chi connectivity index (χ3n) is 5.39. The van der Waals surface area contributed by atoms with Gasteiger partial charge in [0.2, 0.25) is 5.91 Å². The first-order valence-corrected chi connectivity index (χ1v) is 9.36. The average molecular weight is 354 g/mol. The monoisotopic (exact) mass is 354 g/mol. The molecule has 2 amide bonds. The molecule has 6 heteroatoms. The quantitative estimate of drug-likeness (QED) is 0.829. The van der Waals surface area contributed by atoms with Gasteiger partial charge >= 0.3 is 0 Å². The first-order valence-electron chi connectivity index (χ1n) is 9.36. The molecule has 2 heterocycles. The van der Waals surface area contributed by atoms with Crippen molar-refractivity contribution in [2.45, 2.75) is 38.8 Å². The maximum absolute atomic E-state index is 12.8. The Labute approximate surface area is 155 Å². The smallest absolute Gasteiger partial charge is 0.255 e. The topological polar surface area (TPSA) is 67.7 Å². The van der Waals surface area contributed by atoms with Gasteiger partial charge in [-0.3, -0.25) is 14.5 Å². The Bertz CT molecular complexity index is 717. The molecule has 1 atom stereocenters. The summed E-state index contributed by atoms with van der Waals surface area (Å²) in [4.78, 5) is 31.5. The molecule has 2 fully saturated rings. The summed E-state index contributed by atoms with van der Waals surface area (Å²) in [5.74, 6) is 0.126. The molecule has 1 aromatic rings. The van der Waals surface area contributed by atoms with Gasteiger partial charge in [-0.25, -0.2) is 0 Å². The first-order chi connectivity index (χ1) is 12.5. The SMILES string of the molecule is CC(C)N1CCC[C@@H](N2CCN(C(=O)c3ccccc3C#N)CC2)C1=O. The molecular weight excluding hydrogens is 328 g/mol. The van der Waals surface area contributed by atoms with E-state index in [1.54, 1.807) is 29.2 Å². The van der Waals surface area contributed by atoms with Crippen molar-refractivity contribution in [1.82, 2.24) is 14.7 Å². The number of benzene rings is 1. The van der Waals surface area contributed by atoms with Crippen molar-refractivity contribution >= 4 is 11.8 Å². The van der Waals surface area contributed by atoms with Crippen LogP contribution in [0.15, 0.2) is 24.3 Å². The number of nitrogens with zero attached hydrogens (tertiary/aromatic N) is 4. The van der Waals surface area contributed by atoms with Crippen molar-refractivity contribution < 1.29 is 9.59 Å². The van der Waals surface area contributed by atoms with Crippen LogP contribution in [0.2, 0.25) is 0 Å². The van der Waals surface area contributed by atoms with E-state index in [2.05, 4.69) is 24.8 Å². The second-order valence-electron chi connectivity index (χ2n) is 7.27. The Balaban J connectivity index is 1.63. The van der Waals surface area contributed by atoms with E-state index >= 15 is 0 Å². The van der Waals surface area contributed by atoms with Crippen molar-refractivity contribution in [2.24, 2.45) is 0 Å². The predicted molar refractivity (Wildman–Crippen MR) is 98.5 cm³/mol. The van der Waals surface area contributed by atoms with E-state index in [1.807, 2.05) is 4.90 Å². The van der Waals surface area contributed by atoms with Gasteiger partial charge in [-0.2, -0.15) is 5.26 Å². The highest BCUT2D eigenvalue weighted by atomic mass is 16.2. The zero-order valence-electron chi connectivity index (χ0n) is 15.5. The van der Waals surface area contributed by atoms with Gasteiger partial charge in [-0.05, 0) is 38.8 Å². The number of nitriles is 1. The second-order valence-corrected chi connectivity index (χ2v) is 7.27. The first kappa shape index (κ1) is 18.4. The number of carbonyl (C=O) groups is 2. The van der Waals surface area contributed by atoms with Crippen LogP contribution >= 0.6 is 0 Å². The van der Waals surface area contributed by atoms with E-state index in [0.29, 0.717) is 37.3 Å². The average Bonchev–Trinajstić information content (AvgIpc) is 2.67. The minimum atomic E-state index is -0.0967. The van der Waals surface area contributed by atoms with Crippen LogP contribution in [0.5, 0.6) is 0 Å². The lowest BCUT2D eigenvalue weighted by molar-refractivity contribution is -0.142. The number of hydrogen-bond acceptors (Lipinski definition) is 4. The van der Waals surface area contributed by atoms with Crippen LogP contribution in [-0.4, -0.2) is 71.3 Å². The normalized spacial score (nSPS) is 21.8. The van der Waals surface area contributed by atoms with Crippen LogP contribution in [0, 0.1) is 11.3 Å². The molecule has 0 spiro atoms. The fourth-order valence-electron chi connectivity index (χ4n) is 3.91. The molecule has 1 aromatic carbocycles. The molecule has 26 heavy (non-hydrogen) atoms. The van der Waals surface area contributed by atoms with Crippen LogP contribution < -0.4 is 0 Å². The summed E-state index contributed by atoms with van der Waals surface area (Å²) in [5, 5.41) is 9.21. The van der Waals surface area contributed by atoms with Crippen LogP contribution in [0.3, 0.4) is 0 Å². The highest BCUT2D eigenvalue weighted by molar-refractivity contribution is 5.96. The molecule has 0 aromatic heterocycles. The molecule has 0 N–H and O–H groups in total. The van der Waals surface area contributed by atoms with Gasteiger partial charge in [0.1, 0.15) is 0 Å². The molecule has 0 aliphatic carbocycles. The third kappa shape index (κ3) is 3.58. The van der Waals surface area contributed by atoms with E-state index in [4.69, 9.17) is 0 Å². The highest BCUT2D eigenvalue weighted by Crippen LogP contribution is 2.21. The summed E-state index contributed by atoms with van der Waals surface area (Å²) in [6.45, 7) is 7.53. The Kier molecular flexibility index (Phi) is 5.58. The van der Waals surface area contributed by atoms with Gasteiger partial charge in [0.15, 0.2) is 0 Å². The molecule has 0 unspecified atom stereocenters. The summed E-state index contributed by atoms with van der Waals surface area (Å²) in [5.41, 5.74) is 0.873. The number of rotatable bonds is 3. The van der Waals surface area contributed by atoms with Crippen molar-refractivity contribution in [3.05, 3.63) is 35.4 Å². The van der Waals surface area contributed by atoms with Crippen LogP contribution in [0.1, 0.15) is 42.6 Å². The Morgan fingerprint density at radius 3 is 2.50 bits per heavy atom. The van der Waals surface area contributed by atoms with Gasteiger partial charge in [-0.15, -0.1) is 0 Å². The Hall–Kier alpha value is -2.39. The lowest BCUT2D eigenvalue weighted by Gasteiger charge is -2.43. The van der Waals surface area contributed by atoms with E-state index in [1.165, 1.54) is 0 Å². The molecular formula is C20H26N4O2. The zero-order valence-corrected chi connectivity index (χ0v) is 15.5. The molecule has 0 bridgehead atoms. The standard InChI is InChI=1S/C20H26N4O2/c1-15(2)24-9-5-8-18(20(24)26)22-10-12-23(13-11-22)19(25)17-7-4-3-6-16(17)14-21/h3-4,6-7,15,18H,5,8-13H2,1-2H3/t18-/m1/s1. The minimum absolute atomic E-state index is 0.0604. The maximum atomic E-state index is 12.8. The van der Waals surface area contributed by atoms with Gasteiger partial charge < -0.3 is 9.80 Å². The Morgan fingerprint density at radius 1 is 1.15 bits per heavy atom. The van der Waals surface area contributed by atoms with Crippen molar-refractivity contribution in [3.63, 3.8) is 0 Å². The molecule has 138 valence electrons. The lowest BCUT2D eigenvalue weighted by atomic mass is 10.0. The van der Waals surface area contributed by atoms with Crippen molar-refractivity contribution in [2.75, 3.05) is 32.7 Å². The molecule has 2 aliphatic rings. The summed E-state index contributed by atoms with van der Waals surface area (Å²) in [6.07, 6.45) is 1.93. The molecule has 6 nitrogen and oxygen atoms in total. The predicted octanol–water partition coefficient (Wildman–Crippen LogP) is 1.72. The number of likely N-dealkylation sites (tertiary alicyclic amines) is 1. The molecule has 0 radical (unpaired) electrons. The number of carbonyl (C=O) groups excluding carboxylic acids is 2. The van der Waals surface area contributed by atoms with Gasteiger partial charge in [0.05, 0.1) is 23.2 Å². The molecule has 3 rings (SSSR count). The van der Waals surface area contributed by atoms with Crippen LogP contribution in [-0.2, 0) is 4.79 Å². The Morgan fingerprint density at radius 2 is 1.85 bits per heavy atom. The van der Waals surface area contributed by atoms with E-state index in [0.717, 1.165) is 19.4 Å². The van der Waals surface area contributed by atoms with E-state index < -0.39 is 0 Å². The van der Waals surface area contributed by atoms with Gasteiger partial charge in [0.25, 0.3) is 5.91 Å². The zero-order chi connectivity index (χ0) is 18.7. The van der Waals surface area contributed by atoms with Crippen LogP contribution in [0.4, 0.5) is 0 Å². The number of amides is 2. The largest absolute Gasteiger partial charge is 0.339 e. The summed E-state index contributed by atoms with van der Waals surface area (Å²) < 4.78 is 0. The van der Waals surface area contributed by atoms with Crippen molar-refractivity contribution in [3.8, 4) is 6.07 Å². The van der Waals surface area contributed by atoms with Crippen LogP contribution in [0.25, 0.3) is 0 Å². The second kappa shape index (κ2) is 7.88. The summed E-state index contributed by atoms with van der Waals surface area (Å²) in [7, 11) is 0. The van der Waals surface area contributed by atoms with E-state index in [9.17, 15) is 14.9 Å². The fourth-order valence-corrected chi connectivity index (χ4v) is 3.91. The molecule has 0 saturated carbocycles. The summed E-state index contributed by atoms with van der Waals surface area (Å²) >= 11 is 0. The third-order valence-corrected chi connectivity index (χ3v) is 5.39. The van der Waals surface area contributed by atoms with Gasteiger partial charge in [-0.1, -0.05) is 12.1 Å². The summed E-state index contributed by atoms with van der Waals surface area (Å²) in [6, 6.07) is 9.19. The molecule has 2 aliphatic heterocycles. The maximum Gasteiger partial charge on any atom is 0.255 e. The lowest BCUT2D eigenvalue weighted by Crippen LogP contribution is -2.59. The number of piperidine rings is 1. The fraction of sp³-hybridized carbons (Fsp3) is 0.550. The van der Waals surface area contributed by atoms with E-state index in [-0.39, 0.29) is 23.9 Å². The molecule has 2 saturated heterocycles. The highest BCUT2D eigenvalue weighted by Gasteiger charge is 2.36. The number of hydrogen-bond donors (Lipinski definition) is 0. The van der Waals surface area contributed by atoms with Gasteiger partial charge in [0, 0.05) is 38.8 Å². The number of piperazine rings is 1. The van der Waals surface area contributed by atoms with Crippen molar-refractivity contribution in [1.29, 1.82) is 5.26 Å².